The summed E-state index contributed by atoms with van der Waals surface area (Å²) in [5, 5.41) is 0. The molecule has 0 spiro atoms. The van der Waals surface area contributed by atoms with Crippen LogP contribution in [0.15, 0.2) is 0 Å². The lowest BCUT2D eigenvalue weighted by Crippen LogP contribution is -2.12. The Morgan fingerprint density at radius 2 is 1.57 bits per heavy atom. The molecule has 0 bridgehead atoms. The quantitative estimate of drug-likeness (QED) is 0.470. The SMILES string of the molecule is [O-][PH+](O)C(F)(F)F. The van der Waals surface area contributed by atoms with Crippen molar-refractivity contribution in [3.05, 3.63) is 0 Å². The first-order chi connectivity index (χ1) is 2.94. The Balaban J connectivity index is 3.54. The van der Waals surface area contributed by atoms with Crippen molar-refractivity contribution in [3.63, 3.8) is 0 Å². The molecule has 0 fully saturated rings. The van der Waals surface area contributed by atoms with Gasteiger partial charge in [-0.2, -0.15) is 0 Å². The van der Waals surface area contributed by atoms with Crippen LogP contribution >= 0.6 is 8.38 Å². The van der Waals surface area contributed by atoms with E-state index in [0.717, 1.165) is 0 Å². The van der Waals surface area contributed by atoms with Gasteiger partial charge in [0.05, 0.1) is 0 Å². The smallest absolute Gasteiger partial charge is 0.529 e. The summed E-state index contributed by atoms with van der Waals surface area (Å²) < 4.78 is 32.0. The standard InChI is InChI=1S/CH2F3O2P/c2-1(3,4)7(5)6/h5,7H. The van der Waals surface area contributed by atoms with Gasteiger partial charge in [0.15, 0.2) is 8.38 Å². The van der Waals surface area contributed by atoms with E-state index in [4.69, 9.17) is 9.79 Å². The number of hydrogen-bond donors (Lipinski definition) is 1. The van der Waals surface area contributed by atoms with Gasteiger partial charge in [-0.1, -0.05) is 0 Å². The molecule has 0 heterocycles. The lowest BCUT2D eigenvalue weighted by atomic mass is 11.6. The molecule has 0 aliphatic carbocycles. The molecule has 1 unspecified atom stereocenters. The molecule has 44 valence electrons. The topological polar surface area (TPSA) is 43.3 Å². The highest BCUT2D eigenvalue weighted by Crippen LogP contribution is 2.41. The van der Waals surface area contributed by atoms with Gasteiger partial charge in [-0.25, -0.2) is 4.89 Å². The maximum Gasteiger partial charge on any atom is 0.529 e. The second kappa shape index (κ2) is 1.94. The van der Waals surface area contributed by atoms with E-state index in [1.54, 1.807) is 0 Å². The van der Waals surface area contributed by atoms with Gasteiger partial charge in [-0.15, -0.1) is 13.2 Å². The molecule has 0 rings (SSSR count). The van der Waals surface area contributed by atoms with Crippen LogP contribution in [0.25, 0.3) is 0 Å². The molecule has 0 aliphatic heterocycles. The third-order valence-electron chi connectivity index (χ3n) is 0.243. The van der Waals surface area contributed by atoms with Crippen LogP contribution in [-0.2, 0) is 0 Å². The molecule has 1 N–H and O–H groups in total. The average molecular weight is 134 g/mol. The molecule has 0 aromatic heterocycles. The van der Waals surface area contributed by atoms with Gasteiger partial charge in [-0.3, -0.25) is 0 Å². The van der Waals surface area contributed by atoms with Crippen molar-refractivity contribution in [3.8, 4) is 0 Å². The lowest BCUT2D eigenvalue weighted by molar-refractivity contribution is -0.213. The summed E-state index contributed by atoms with van der Waals surface area (Å²) in [5.74, 6) is -4.90. The van der Waals surface area contributed by atoms with Gasteiger partial charge < -0.3 is 4.89 Å². The van der Waals surface area contributed by atoms with Gasteiger partial charge in [0.25, 0.3) is 0 Å². The zero-order chi connectivity index (χ0) is 6.08. The molecule has 7 heavy (non-hydrogen) atoms. The zero-order valence-electron chi connectivity index (χ0n) is 2.99. The maximum absolute atomic E-state index is 10.7. The van der Waals surface area contributed by atoms with E-state index in [9.17, 15) is 13.2 Å². The van der Waals surface area contributed by atoms with E-state index in [1.807, 2.05) is 0 Å². The minimum absolute atomic E-state index is 4.30. The van der Waals surface area contributed by atoms with E-state index in [-0.39, 0.29) is 0 Å². The van der Waals surface area contributed by atoms with E-state index < -0.39 is 14.3 Å². The summed E-state index contributed by atoms with van der Waals surface area (Å²) >= 11 is 0. The molecule has 0 saturated heterocycles. The Morgan fingerprint density at radius 1 is 1.43 bits per heavy atom. The summed E-state index contributed by atoms with van der Waals surface area (Å²) in [4.78, 5) is 16.4. The van der Waals surface area contributed by atoms with Gasteiger partial charge >= 0.3 is 5.92 Å². The first-order valence-electron chi connectivity index (χ1n) is 1.24. The predicted octanol–water partition coefficient (Wildman–Crippen LogP) is -0.0970. The van der Waals surface area contributed by atoms with E-state index in [0.29, 0.717) is 0 Å². The van der Waals surface area contributed by atoms with Crippen molar-refractivity contribution in [2.24, 2.45) is 0 Å². The van der Waals surface area contributed by atoms with Crippen molar-refractivity contribution >= 4 is 8.38 Å². The average Bonchev–Trinajstić information content (AvgIpc) is 1.31. The maximum atomic E-state index is 10.7. The first kappa shape index (κ1) is 7.14. The Morgan fingerprint density at radius 3 is 1.57 bits per heavy atom. The van der Waals surface area contributed by atoms with Crippen LogP contribution in [0.3, 0.4) is 0 Å². The van der Waals surface area contributed by atoms with Crippen LogP contribution in [0.4, 0.5) is 13.2 Å². The molecule has 0 radical (unpaired) electrons. The van der Waals surface area contributed by atoms with Crippen LogP contribution in [0.1, 0.15) is 0 Å². The van der Waals surface area contributed by atoms with Gasteiger partial charge in [0, 0.05) is 0 Å². The fraction of sp³-hybridized carbons (Fsp3) is 1.00. The second-order valence-corrected chi connectivity index (χ2v) is 1.98. The predicted molar refractivity (Wildman–Crippen MR) is 16.6 cm³/mol. The molecule has 2 nitrogen and oxygen atoms in total. The molecule has 0 aromatic rings. The monoisotopic (exact) mass is 134 g/mol. The van der Waals surface area contributed by atoms with E-state index >= 15 is 0 Å². The largest absolute Gasteiger partial charge is 0.651 e. The van der Waals surface area contributed by atoms with Crippen molar-refractivity contribution in [2.75, 3.05) is 0 Å². The number of hydrogen-bond acceptors (Lipinski definition) is 2. The summed E-state index contributed by atoms with van der Waals surface area (Å²) in [7, 11) is -4.30. The van der Waals surface area contributed by atoms with Crippen LogP contribution < -0.4 is 4.89 Å². The van der Waals surface area contributed by atoms with Crippen LogP contribution in [-0.4, -0.2) is 10.8 Å². The van der Waals surface area contributed by atoms with E-state index in [2.05, 4.69) is 0 Å². The third kappa shape index (κ3) is 2.79. The molecule has 0 amide bonds. The minimum Gasteiger partial charge on any atom is -0.651 e. The highest BCUT2D eigenvalue weighted by Gasteiger charge is 2.39. The first-order valence-corrected chi connectivity index (χ1v) is 2.60. The fourth-order valence-corrected chi connectivity index (χ4v) is 0. The van der Waals surface area contributed by atoms with Crippen LogP contribution in [0.5, 0.6) is 0 Å². The normalized spacial score (nSPS) is 16.7. The summed E-state index contributed by atoms with van der Waals surface area (Å²) in [6.45, 7) is 0. The second-order valence-electron chi connectivity index (χ2n) is 0.803. The Bertz CT molecular complexity index is 58.4. The van der Waals surface area contributed by atoms with Crippen molar-refractivity contribution in [2.45, 2.75) is 5.92 Å². The summed E-state index contributed by atoms with van der Waals surface area (Å²) in [6, 6.07) is 0. The Hall–Kier alpha value is 0.140. The van der Waals surface area contributed by atoms with Gasteiger partial charge in [0.2, 0.25) is 0 Å². The number of alkyl halides is 3. The molecule has 0 aliphatic rings. The zero-order valence-corrected chi connectivity index (χ0v) is 3.99. The van der Waals surface area contributed by atoms with Gasteiger partial charge in [-0.05, 0) is 0 Å². The van der Waals surface area contributed by atoms with Crippen LogP contribution in [0, 0.1) is 0 Å². The third-order valence-corrected chi connectivity index (χ3v) is 0.728. The van der Waals surface area contributed by atoms with Crippen LogP contribution in [0.2, 0.25) is 0 Å². The summed E-state index contributed by atoms with van der Waals surface area (Å²) in [5.41, 5.74) is 0. The minimum atomic E-state index is -4.90. The molecule has 6 heteroatoms. The van der Waals surface area contributed by atoms with Crippen molar-refractivity contribution < 1.29 is 23.0 Å². The Kier molecular flexibility index (Phi) is 1.98. The number of halogens is 3. The van der Waals surface area contributed by atoms with E-state index in [1.165, 1.54) is 0 Å². The molecule has 0 saturated carbocycles. The Labute approximate surface area is 38.5 Å². The summed E-state index contributed by atoms with van der Waals surface area (Å²) in [6.07, 6.45) is 0. The number of rotatable bonds is 0. The highest BCUT2D eigenvalue weighted by atomic mass is 31.2. The molecular formula is CH2F3O2P. The van der Waals surface area contributed by atoms with Gasteiger partial charge in [0.1, 0.15) is 0 Å². The molecule has 0 aromatic carbocycles. The fourth-order valence-electron chi connectivity index (χ4n) is 0. The molecular weight excluding hydrogens is 132 g/mol. The highest BCUT2D eigenvalue weighted by molar-refractivity contribution is 7.44. The van der Waals surface area contributed by atoms with Crippen molar-refractivity contribution in [1.29, 1.82) is 0 Å². The lowest BCUT2D eigenvalue weighted by Gasteiger charge is -2.05. The van der Waals surface area contributed by atoms with Crippen molar-refractivity contribution in [1.82, 2.24) is 0 Å². The molecule has 1 atom stereocenters.